The normalized spacial score (nSPS) is 16.7. The molecule has 0 aromatic heterocycles. The van der Waals surface area contributed by atoms with Gasteiger partial charge in [-0.15, -0.1) is 26.3 Å². The number of alkyl halides is 15. The summed E-state index contributed by atoms with van der Waals surface area (Å²) < 4.78 is 186. The molecule has 0 aromatic rings. The van der Waals surface area contributed by atoms with Crippen LogP contribution >= 0.6 is 0 Å². The molecule has 17 heteroatoms. The van der Waals surface area contributed by atoms with E-state index in [9.17, 15) is 70.3 Å². The molecule has 0 N–H and O–H groups in total. The quantitative estimate of drug-likeness (QED) is 0.355. The third kappa shape index (κ3) is 2.65. The first-order valence-electron chi connectivity index (χ1n) is 4.42. The monoisotopic (exact) mass is 390 g/mol. The first-order valence-corrected chi connectivity index (χ1v) is 4.42. The predicted molar refractivity (Wildman–Crippen MR) is 34.4 cm³/mol. The van der Waals surface area contributed by atoms with Crippen molar-refractivity contribution >= 4 is 0 Å². The number of halogens is 16. The van der Waals surface area contributed by atoms with Crippen molar-refractivity contribution in [2.24, 2.45) is 0 Å². The van der Waals surface area contributed by atoms with Crippen LogP contribution in [0.4, 0.5) is 70.3 Å². The van der Waals surface area contributed by atoms with Crippen LogP contribution in [-0.4, -0.2) is 41.4 Å². The molecule has 0 saturated carbocycles. The van der Waals surface area contributed by atoms with E-state index in [1.54, 1.807) is 0 Å². The molecule has 23 heavy (non-hydrogen) atoms. The van der Waals surface area contributed by atoms with Gasteiger partial charge < -0.3 is 0 Å². The highest BCUT2D eigenvalue weighted by Crippen LogP contribution is 2.62. The molecule has 0 saturated heterocycles. The molecule has 1 nitrogen and oxygen atoms in total. The Labute approximate surface area is 113 Å². The molecule has 0 atom stereocenters. The van der Waals surface area contributed by atoms with Crippen LogP contribution in [0.15, 0.2) is 0 Å². The van der Waals surface area contributed by atoms with Gasteiger partial charge in [-0.2, -0.15) is 39.5 Å². The van der Waals surface area contributed by atoms with Crippen molar-refractivity contribution in [3.63, 3.8) is 0 Å². The average molecular weight is 390 g/mol. The number of hydrogen-bond acceptors (Lipinski definition) is 0. The third-order valence-corrected chi connectivity index (χ3v) is 2.18. The summed E-state index contributed by atoms with van der Waals surface area (Å²) >= 11 is 0. The minimum atomic E-state index is -8.50. The zero-order chi connectivity index (χ0) is 19.5. The number of rotatable bonds is 3. The molecule has 0 aliphatic heterocycles. The summed E-state index contributed by atoms with van der Waals surface area (Å²) in [5, 5.41) is 0. The molecule has 140 valence electrons. The molecular weight excluding hydrogens is 390 g/mol. The van der Waals surface area contributed by atoms with E-state index in [1.807, 2.05) is 0 Å². The molecule has 0 aliphatic rings. The summed E-state index contributed by atoms with van der Waals surface area (Å²) in [7, 11) is 0. The van der Waals surface area contributed by atoms with Crippen LogP contribution in [0, 0.1) is 0 Å². The molecule has 0 heterocycles. The Balaban J connectivity index is 6.97. The van der Waals surface area contributed by atoms with Gasteiger partial charge in [-0.05, 0) is 0 Å². The molecule has 0 bridgehead atoms. The van der Waals surface area contributed by atoms with Crippen LogP contribution in [0.5, 0.6) is 0 Å². The van der Waals surface area contributed by atoms with E-state index in [-0.39, 0.29) is 0 Å². The molecule has 0 rings (SSSR count). The minimum absolute atomic E-state index is 7.84. The smallest absolute Gasteiger partial charge is 0.159 e. The van der Waals surface area contributed by atoms with Gasteiger partial charge in [0.1, 0.15) is 0 Å². The van der Waals surface area contributed by atoms with E-state index in [0.717, 1.165) is 0 Å². The summed E-state index contributed by atoms with van der Waals surface area (Å²) in [5.41, 5.74) is 0. The largest absolute Gasteiger partial charge is 0.535 e. The Hall–Kier alpha value is -1.16. The van der Waals surface area contributed by atoms with Crippen molar-refractivity contribution in [2.45, 2.75) is 36.7 Å². The van der Waals surface area contributed by atoms with E-state index in [4.69, 9.17) is 0 Å². The van der Waals surface area contributed by atoms with Gasteiger partial charge >= 0.3 is 36.7 Å². The zero-order valence-corrected chi connectivity index (χ0v) is 9.49. The molecular formula is C6F16N+. The molecule has 0 radical (unpaired) electrons. The van der Waals surface area contributed by atoms with E-state index in [2.05, 4.69) is 0 Å². The van der Waals surface area contributed by atoms with E-state index < -0.39 is 41.4 Å². The fourth-order valence-corrected chi connectivity index (χ4v) is 1.05. The van der Waals surface area contributed by atoms with Crippen molar-refractivity contribution in [2.75, 3.05) is 0 Å². The van der Waals surface area contributed by atoms with Crippen molar-refractivity contribution < 1.29 is 75.0 Å². The first-order chi connectivity index (χ1) is 9.50. The van der Waals surface area contributed by atoms with Crippen molar-refractivity contribution in [3.05, 3.63) is 0 Å². The average Bonchev–Trinajstić information content (AvgIpc) is 2.22. The van der Waals surface area contributed by atoms with Gasteiger partial charge in [0.2, 0.25) is 0 Å². The molecule has 0 spiro atoms. The first kappa shape index (κ1) is 21.8. The van der Waals surface area contributed by atoms with Gasteiger partial charge in [-0.1, -0.05) is 0 Å². The van der Waals surface area contributed by atoms with Gasteiger partial charge in [-0.3, -0.25) is 0 Å². The predicted octanol–water partition coefficient (Wildman–Crippen LogP) is 5.15. The van der Waals surface area contributed by atoms with Crippen molar-refractivity contribution in [1.82, 2.24) is 0 Å². The van der Waals surface area contributed by atoms with Crippen LogP contribution in [0.1, 0.15) is 0 Å². The molecule has 0 aliphatic carbocycles. The Morgan fingerprint density at radius 2 is 0.478 bits per heavy atom. The second kappa shape index (κ2) is 4.92. The molecule has 0 aromatic carbocycles. The van der Waals surface area contributed by atoms with Gasteiger partial charge in [-0.25, -0.2) is 0 Å². The van der Waals surface area contributed by atoms with Crippen LogP contribution in [-0.2, 0) is 0 Å². The van der Waals surface area contributed by atoms with Crippen LogP contribution < -0.4 is 0 Å². The Morgan fingerprint density at radius 1 is 0.348 bits per heavy atom. The Bertz CT molecular complexity index is 370. The lowest BCUT2D eigenvalue weighted by molar-refractivity contribution is -1.25. The summed E-state index contributed by atoms with van der Waals surface area (Å²) in [6, 6.07) is -25.5. The highest BCUT2D eigenvalue weighted by Gasteiger charge is 3.01. The fraction of sp³-hybridized carbons (Fsp3) is 1.00. The van der Waals surface area contributed by atoms with Gasteiger partial charge in [0.05, 0.1) is 4.71 Å². The topological polar surface area (TPSA) is 0 Å². The summed E-state index contributed by atoms with van der Waals surface area (Å²) in [6.07, 6.45) is -23.9. The zero-order valence-electron chi connectivity index (χ0n) is 9.49. The maximum absolute atomic E-state index is 13.1. The van der Waals surface area contributed by atoms with Gasteiger partial charge in [0, 0.05) is 4.48 Å². The Morgan fingerprint density at radius 3 is 0.565 bits per heavy atom. The number of quaternary nitrogens is 1. The fourth-order valence-electron chi connectivity index (χ4n) is 1.05. The summed E-state index contributed by atoms with van der Waals surface area (Å²) in [5.74, 6) is 0. The third-order valence-electron chi connectivity index (χ3n) is 2.18. The SMILES string of the molecule is FC(F)(F)C(F)(F)[N+](F)(C(F)(F)C(F)(F)F)C(F)(F)C(F)(F)F. The second-order valence-corrected chi connectivity index (χ2v) is 3.71. The number of hydrogen-bond donors (Lipinski definition) is 0. The maximum Gasteiger partial charge on any atom is 0.535 e. The van der Waals surface area contributed by atoms with Crippen LogP contribution in [0.2, 0.25) is 0 Å². The van der Waals surface area contributed by atoms with Crippen LogP contribution in [0.25, 0.3) is 0 Å². The minimum Gasteiger partial charge on any atom is -0.159 e. The highest BCUT2D eigenvalue weighted by atomic mass is 19.5. The molecule has 0 amide bonds. The lowest BCUT2D eigenvalue weighted by Crippen LogP contribution is -2.81. The second-order valence-electron chi connectivity index (χ2n) is 3.71. The number of nitrogens with zero attached hydrogens (tertiary/aromatic N) is 1. The summed E-state index contributed by atoms with van der Waals surface area (Å²) in [4.78, 5) is 0. The lowest BCUT2D eigenvalue weighted by atomic mass is 10.3. The standard InChI is InChI=1S/C6F16N/c7-1(8,9)4(16,17)23(22,5(18,19)2(10,11)12)6(20,21)3(13,14)15/q+1. The maximum atomic E-state index is 13.1. The van der Waals surface area contributed by atoms with E-state index in [1.165, 1.54) is 0 Å². The molecule has 0 fully saturated rings. The van der Waals surface area contributed by atoms with Crippen LogP contribution in [0.3, 0.4) is 0 Å². The van der Waals surface area contributed by atoms with E-state index >= 15 is 0 Å². The molecule has 0 unspecified atom stereocenters. The van der Waals surface area contributed by atoms with E-state index in [0.29, 0.717) is 0 Å². The summed E-state index contributed by atoms with van der Waals surface area (Å²) in [6.45, 7) is 0. The van der Waals surface area contributed by atoms with Crippen molar-refractivity contribution in [3.8, 4) is 0 Å². The van der Waals surface area contributed by atoms with Crippen molar-refractivity contribution in [1.29, 1.82) is 0 Å². The highest BCUT2D eigenvalue weighted by molar-refractivity contribution is 4.80. The van der Waals surface area contributed by atoms with Gasteiger partial charge in [0.15, 0.2) is 0 Å². The van der Waals surface area contributed by atoms with Gasteiger partial charge in [0.25, 0.3) is 0 Å². The lowest BCUT2D eigenvalue weighted by Gasteiger charge is -2.41. The Kier molecular flexibility index (Phi) is 4.67.